The third-order valence-corrected chi connectivity index (χ3v) is 6.72. The topological polar surface area (TPSA) is 98.2 Å². The van der Waals surface area contributed by atoms with Crippen LogP contribution in [0, 0.1) is 0 Å². The third-order valence-electron chi connectivity index (χ3n) is 5.78. The molecule has 8 nitrogen and oxygen atoms in total. The zero-order valence-electron chi connectivity index (χ0n) is 19.8. The largest absolute Gasteiger partial charge is 0.493 e. The summed E-state index contributed by atoms with van der Waals surface area (Å²) >= 11 is 1.20. The van der Waals surface area contributed by atoms with Crippen LogP contribution in [0.3, 0.4) is 0 Å². The molecule has 0 saturated carbocycles. The van der Waals surface area contributed by atoms with Crippen molar-refractivity contribution in [2.24, 2.45) is 0 Å². The van der Waals surface area contributed by atoms with Crippen LogP contribution < -0.4 is 20.3 Å². The van der Waals surface area contributed by atoms with E-state index < -0.39 is 0 Å². The van der Waals surface area contributed by atoms with Gasteiger partial charge in [-0.2, -0.15) is 0 Å². The van der Waals surface area contributed by atoms with Crippen molar-refractivity contribution >= 4 is 39.6 Å². The molecule has 0 aliphatic carbocycles. The van der Waals surface area contributed by atoms with E-state index in [0.717, 1.165) is 16.5 Å². The van der Waals surface area contributed by atoms with Gasteiger partial charge in [0.2, 0.25) is 5.91 Å². The van der Waals surface area contributed by atoms with Crippen molar-refractivity contribution < 1.29 is 14.3 Å². The van der Waals surface area contributed by atoms with Crippen LogP contribution in [0.1, 0.15) is 5.56 Å². The number of hydrogen-bond acceptors (Lipinski definition) is 6. The first kappa shape index (κ1) is 23.5. The normalized spacial score (nSPS) is 11.1. The molecule has 0 spiro atoms. The van der Waals surface area contributed by atoms with E-state index in [2.05, 4.69) is 10.3 Å². The molecular formula is C27H24N4O4S. The first-order chi connectivity index (χ1) is 17.6. The van der Waals surface area contributed by atoms with Crippen LogP contribution in [-0.4, -0.2) is 40.4 Å². The van der Waals surface area contributed by atoms with Gasteiger partial charge in [0.1, 0.15) is 11.0 Å². The standard InChI is InChI=1S/C27H24N4O4S/c1-34-21-13-12-18(14-22(21)35-2)31-26(33)25-24(19-10-6-7-11-20(19)29-25)30-27(31)36-16-23(32)28-15-17-8-4-3-5-9-17/h3-14,29H,15-16H2,1-2H3,(H,28,32). The number of nitrogens with zero attached hydrogens (tertiary/aromatic N) is 2. The Morgan fingerprint density at radius 3 is 2.53 bits per heavy atom. The molecule has 36 heavy (non-hydrogen) atoms. The molecule has 0 atom stereocenters. The Bertz CT molecular complexity index is 1610. The van der Waals surface area contributed by atoms with Gasteiger partial charge < -0.3 is 19.8 Å². The Labute approximate surface area is 211 Å². The minimum Gasteiger partial charge on any atom is -0.493 e. The molecule has 0 aliphatic heterocycles. The van der Waals surface area contributed by atoms with E-state index in [1.165, 1.54) is 23.4 Å². The van der Waals surface area contributed by atoms with Gasteiger partial charge in [0, 0.05) is 23.5 Å². The average molecular weight is 501 g/mol. The number of aromatic nitrogens is 3. The second kappa shape index (κ2) is 10.2. The van der Waals surface area contributed by atoms with Gasteiger partial charge in [0.05, 0.1) is 25.7 Å². The molecule has 5 rings (SSSR count). The molecule has 0 unspecified atom stereocenters. The lowest BCUT2D eigenvalue weighted by Gasteiger charge is -2.14. The molecule has 2 aromatic heterocycles. The monoisotopic (exact) mass is 500 g/mol. The van der Waals surface area contributed by atoms with E-state index in [4.69, 9.17) is 14.5 Å². The van der Waals surface area contributed by atoms with Crippen molar-refractivity contribution in [1.29, 1.82) is 0 Å². The number of para-hydroxylation sites is 1. The molecule has 2 heterocycles. The number of thioether (sulfide) groups is 1. The second-order valence-electron chi connectivity index (χ2n) is 8.02. The number of carbonyl (C=O) groups is 1. The fourth-order valence-corrected chi connectivity index (χ4v) is 4.84. The van der Waals surface area contributed by atoms with Crippen molar-refractivity contribution in [2.45, 2.75) is 11.7 Å². The highest BCUT2D eigenvalue weighted by molar-refractivity contribution is 7.99. The minimum atomic E-state index is -0.268. The maximum absolute atomic E-state index is 13.7. The van der Waals surface area contributed by atoms with Gasteiger partial charge in [0.25, 0.3) is 5.56 Å². The van der Waals surface area contributed by atoms with Gasteiger partial charge in [-0.3, -0.25) is 14.2 Å². The van der Waals surface area contributed by atoms with Gasteiger partial charge in [-0.15, -0.1) is 0 Å². The zero-order chi connectivity index (χ0) is 25.1. The van der Waals surface area contributed by atoms with Crippen LogP contribution >= 0.6 is 11.8 Å². The Morgan fingerprint density at radius 2 is 1.75 bits per heavy atom. The van der Waals surface area contributed by atoms with Crippen LogP contribution in [0.25, 0.3) is 27.6 Å². The molecule has 182 valence electrons. The summed E-state index contributed by atoms with van der Waals surface area (Å²) in [5.41, 5.74) is 3.08. The summed E-state index contributed by atoms with van der Waals surface area (Å²) in [5.74, 6) is 0.968. The lowest BCUT2D eigenvalue weighted by molar-refractivity contribution is -0.118. The molecule has 0 saturated heterocycles. The number of hydrogen-bond donors (Lipinski definition) is 2. The summed E-state index contributed by atoms with van der Waals surface area (Å²) in [4.78, 5) is 34.4. The Morgan fingerprint density at radius 1 is 1.00 bits per heavy atom. The predicted octanol–water partition coefficient (Wildman–Crippen LogP) is 4.29. The number of rotatable bonds is 8. The number of ether oxygens (including phenoxy) is 2. The number of methoxy groups -OCH3 is 2. The van der Waals surface area contributed by atoms with E-state index in [-0.39, 0.29) is 17.2 Å². The number of benzene rings is 3. The first-order valence-electron chi connectivity index (χ1n) is 11.3. The zero-order valence-corrected chi connectivity index (χ0v) is 20.6. The van der Waals surface area contributed by atoms with Gasteiger partial charge in [-0.05, 0) is 23.8 Å². The number of fused-ring (bicyclic) bond motifs is 3. The molecule has 5 aromatic rings. The predicted molar refractivity (Wildman–Crippen MR) is 141 cm³/mol. The van der Waals surface area contributed by atoms with Crippen molar-refractivity contribution in [2.75, 3.05) is 20.0 Å². The van der Waals surface area contributed by atoms with Gasteiger partial charge in [0.15, 0.2) is 16.7 Å². The Hall–Kier alpha value is -4.24. The molecule has 1 amide bonds. The number of nitrogens with one attached hydrogen (secondary N) is 2. The number of H-pyrrole nitrogens is 1. The maximum atomic E-state index is 13.7. The van der Waals surface area contributed by atoms with Crippen LogP contribution in [0.4, 0.5) is 0 Å². The molecule has 2 N–H and O–H groups in total. The SMILES string of the molecule is COc1ccc(-n2c(SCC(=O)NCc3ccccc3)nc3c([nH]c4ccccc43)c2=O)cc1OC. The van der Waals surface area contributed by atoms with E-state index in [9.17, 15) is 9.59 Å². The van der Waals surface area contributed by atoms with Crippen molar-refractivity contribution in [3.63, 3.8) is 0 Å². The quantitative estimate of drug-likeness (QED) is 0.244. The summed E-state index contributed by atoms with van der Waals surface area (Å²) in [6, 6.07) is 22.5. The fraction of sp³-hybridized carbons (Fsp3) is 0.148. The number of aromatic amines is 1. The van der Waals surface area contributed by atoms with E-state index in [0.29, 0.717) is 39.9 Å². The molecule has 0 bridgehead atoms. The molecule has 3 aromatic carbocycles. The Balaban J connectivity index is 1.54. The fourth-order valence-electron chi connectivity index (χ4n) is 4.01. The van der Waals surface area contributed by atoms with Gasteiger partial charge >= 0.3 is 0 Å². The van der Waals surface area contributed by atoms with Crippen LogP contribution in [-0.2, 0) is 11.3 Å². The molecule has 0 aliphatic rings. The highest BCUT2D eigenvalue weighted by atomic mass is 32.2. The van der Waals surface area contributed by atoms with Crippen molar-refractivity contribution in [1.82, 2.24) is 19.9 Å². The number of carbonyl (C=O) groups excluding carboxylic acids is 1. The van der Waals surface area contributed by atoms with Crippen molar-refractivity contribution in [3.8, 4) is 17.2 Å². The van der Waals surface area contributed by atoms with Crippen LogP contribution in [0.2, 0.25) is 0 Å². The molecule has 0 radical (unpaired) electrons. The summed E-state index contributed by atoms with van der Waals surface area (Å²) in [5, 5.41) is 4.17. The number of amides is 1. The molecular weight excluding hydrogens is 476 g/mol. The third kappa shape index (κ3) is 4.52. The lowest BCUT2D eigenvalue weighted by Crippen LogP contribution is -2.26. The van der Waals surface area contributed by atoms with E-state index >= 15 is 0 Å². The summed E-state index contributed by atoms with van der Waals surface area (Å²) in [7, 11) is 3.09. The van der Waals surface area contributed by atoms with E-state index in [1.54, 1.807) is 25.3 Å². The smallest absolute Gasteiger partial charge is 0.283 e. The highest BCUT2D eigenvalue weighted by Crippen LogP contribution is 2.31. The van der Waals surface area contributed by atoms with Crippen molar-refractivity contribution in [3.05, 3.63) is 88.7 Å². The van der Waals surface area contributed by atoms with Gasteiger partial charge in [-0.25, -0.2) is 4.98 Å². The van der Waals surface area contributed by atoms with Gasteiger partial charge in [-0.1, -0.05) is 60.3 Å². The summed E-state index contributed by atoms with van der Waals surface area (Å²) in [6.07, 6.45) is 0. The Kier molecular flexibility index (Phi) is 6.64. The summed E-state index contributed by atoms with van der Waals surface area (Å²) < 4.78 is 12.3. The van der Waals surface area contributed by atoms with Crippen LogP contribution in [0.15, 0.2) is 82.7 Å². The highest BCUT2D eigenvalue weighted by Gasteiger charge is 2.19. The maximum Gasteiger partial charge on any atom is 0.283 e. The molecule has 9 heteroatoms. The average Bonchev–Trinajstić information content (AvgIpc) is 3.30. The lowest BCUT2D eigenvalue weighted by atomic mass is 10.2. The molecule has 0 fully saturated rings. The van der Waals surface area contributed by atoms with E-state index in [1.807, 2.05) is 54.6 Å². The first-order valence-corrected chi connectivity index (χ1v) is 12.3. The minimum absolute atomic E-state index is 0.0976. The summed E-state index contributed by atoms with van der Waals surface area (Å²) in [6.45, 7) is 0.428. The second-order valence-corrected chi connectivity index (χ2v) is 8.96. The van der Waals surface area contributed by atoms with Crippen LogP contribution in [0.5, 0.6) is 11.5 Å².